The van der Waals surface area contributed by atoms with Gasteiger partial charge in [-0.15, -0.1) is 10.2 Å². The molecule has 0 radical (unpaired) electrons. The number of hydrogen-bond donors (Lipinski definition) is 1. The maximum atomic E-state index is 12.7. The summed E-state index contributed by atoms with van der Waals surface area (Å²) in [6.45, 7) is 5.71. The van der Waals surface area contributed by atoms with Gasteiger partial charge in [-0.2, -0.15) is 0 Å². The van der Waals surface area contributed by atoms with Crippen LogP contribution in [-0.4, -0.2) is 29.2 Å². The van der Waals surface area contributed by atoms with Crippen molar-refractivity contribution in [1.29, 1.82) is 0 Å². The highest BCUT2D eigenvalue weighted by Gasteiger charge is 2.27. The summed E-state index contributed by atoms with van der Waals surface area (Å²) in [6, 6.07) is 12.0. The van der Waals surface area contributed by atoms with Crippen LogP contribution < -0.4 is 10.2 Å². The molecule has 1 N–H and O–H groups in total. The molecule has 1 aliphatic heterocycles. The van der Waals surface area contributed by atoms with Crippen molar-refractivity contribution in [2.24, 2.45) is 5.92 Å². The molecule has 26 heavy (non-hydrogen) atoms. The van der Waals surface area contributed by atoms with Crippen molar-refractivity contribution in [3.05, 3.63) is 52.7 Å². The van der Waals surface area contributed by atoms with Gasteiger partial charge in [-0.05, 0) is 49.4 Å². The second kappa shape index (κ2) is 8.49. The molecule has 0 bridgehead atoms. The molecule has 3 rings (SSSR count). The van der Waals surface area contributed by atoms with Crippen LogP contribution in [0.4, 0.5) is 5.82 Å². The predicted molar refractivity (Wildman–Crippen MR) is 104 cm³/mol. The first-order valence-electron chi connectivity index (χ1n) is 9.20. The Morgan fingerprint density at radius 2 is 2.04 bits per heavy atom. The number of rotatable bonds is 5. The van der Waals surface area contributed by atoms with Crippen LogP contribution in [0.2, 0.25) is 5.15 Å². The molecule has 1 amide bonds. The highest BCUT2D eigenvalue weighted by atomic mass is 35.5. The molecule has 1 aliphatic rings. The van der Waals surface area contributed by atoms with Gasteiger partial charge in [0.2, 0.25) is 5.91 Å². The van der Waals surface area contributed by atoms with Gasteiger partial charge in [-0.3, -0.25) is 4.79 Å². The molecule has 2 heterocycles. The Morgan fingerprint density at radius 1 is 1.27 bits per heavy atom. The van der Waals surface area contributed by atoms with Gasteiger partial charge in [0, 0.05) is 13.1 Å². The number of piperidine rings is 1. The molecule has 6 heteroatoms. The first-order valence-corrected chi connectivity index (χ1v) is 9.58. The van der Waals surface area contributed by atoms with E-state index >= 15 is 0 Å². The van der Waals surface area contributed by atoms with E-state index in [2.05, 4.69) is 51.6 Å². The predicted octanol–water partition coefficient (Wildman–Crippen LogP) is 3.79. The van der Waals surface area contributed by atoms with Gasteiger partial charge in [-0.25, -0.2) is 0 Å². The van der Waals surface area contributed by atoms with E-state index in [1.165, 1.54) is 5.56 Å². The van der Waals surface area contributed by atoms with Crippen LogP contribution in [0.5, 0.6) is 0 Å². The molecule has 0 aliphatic carbocycles. The summed E-state index contributed by atoms with van der Waals surface area (Å²) in [5, 5.41) is 11.6. The van der Waals surface area contributed by atoms with Crippen LogP contribution in [0, 0.1) is 5.92 Å². The number of amides is 1. The van der Waals surface area contributed by atoms with Gasteiger partial charge in [0.1, 0.15) is 0 Å². The monoisotopic (exact) mass is 372 g/mol. The maximum Gasteiger partial charge on any atom is 0.225 e. The summed E-state index contributed by atoms with van der Waals surface area (Å²) in [5.41, 5.74) is 2.44. The molecule has 2 aromatic rings. The quantitative estimate of drug-likeness (QED) is 0.867. The Balaban J connectivity index is 1.60. The fraction of sp³-hybridized carbons (Fsp3) is 0.450. The number of halogens is 1. The molecule has 0 unspecified atom stereocenters. The molecule has 138 valence electrons. The van der Waals surface area contributed by atoms with E-state index in [9.17, 15) is 4.79 Å². The topological polar surface area (TPSA) is 58.1 Å². The normalized spacial score (nSPS) is 18.4. The molecular formula is C20H25ClN4O. The number of carbonyl (C=O) groups is 1. The molecule has 0 spiro atoms. The number of nitrogens with zero attached hydrogens (tertiary/aromatic N) is 3. The van der Waals surface area contributed by atoms with Crippen molar-refractivity contribution in [2.75, 3.05) is 18.0 Å². The van der Waals surface area contributed by atoms with Crippen LogP contribution in [0.15, 0.2) is 36.4 Å². The van der Waals surface area contributed by atoms with Crippen LogP contribution in [0.1, 0.15) is 43.9 Å². The van der Waals surface area contributed by atoms with E-state index < -0.39 is 0 Å². The lowest BCUT2D eigenvalue weighted by molar-refractivity contribution is -0.125. The van der Waals surface area contributed by atoms with Crippen molar-refractivity contribution < 1.29 is 4.79 Å². The molecule has 5 nitrogen and oxygen atoms in total. The highest BCUT2D eigenvalue weighted by Crippen LogP contribution is 2.23. The largest absolute Gasteiger partial charge is 0.354 e. The van der Waals surface area contributed by atoms with Gasteiger partial charge in [0.25, 0.3) is 0 Å². The minimum Gasteiger partial charge on any atom is -0.354 e. The minimum absolute atomic E-state index is 0.000828. The smallest absolute Gasteiger partial charge is 0.225 e. The molecule has 1 aromatic heterocycles. The van der Waals surface area contributed by atoms with Gasteiger partial charge in [-0.1, -0.05) is 42.8 Å². The summed E-state index contributed by atoms with van der Waals surface area (Å²) in [5.74, 6) is 0.831. The Morgan fingerprint density at radius 3 is 2.69 bits per heavy atom. The first-order chi connectivity index (χ1) is 12.6. The molecule has 1 saturated heterocycles. The van der Waals surface area contributed by atoms with Gasteiger partial charge >= 0.3 is 0 Å². The number of anilines is 1. The summed E-state index contributed by atoms with van der Waals surface area (Å²) in [7, 11) is 0. The zero-order valence-electron chi connectivity index (χ0n) is 15.3. The zero-order chi connectivity index (χ0) is 18.5. The molecule has 2 atom stereocenters. The maximum absolute atomic E-state index is 12.7. The lowest BCUT2D eigenvalue weighted by Gasteiger charge is -2.33. The minimum atomic E-state index is -0.0430. The third-order valence-corrected chi connectivity index (χ3v) is 5.18. The van der Waals surface area contributed by atoms with E-state index in [1.54, 1.807) is 6.07 Å². The van der Waals surface area contributed by atoms with E-state index in [-0.39, 0.29) is 17.9 Å². The second-order valence-electron chi connectivity index (χ2n) is 6.82. The van der Waals surface area contributed by atoms with Crippen molar-refractivity contribution in [3.63, 3.8) is 0 Å². The third kappa shape index (κ3) is 4.52. The number of hydrogen-bond acceptors (Lipinski definition) is 4. The van der Waals surface area contributed by atoms with Crippen LogP contribution in [0.3, 0.4) is 0 Å². The number of nitrogens with one attached hydrogen (secondary N) is 1. The number of aromatic nitrogens is 2. The van der Waals surface area contributed by atoms with Crippen LogP contribution in [0.25, 0.3) is 0 Å². The van der Waals surface area contributed by atoms with E-state index in [4.69, 9.17) is 11.6 Å². The Bertz CT molecular complexity index is 732. The van der Waals surface area contributed by atoms with Crippen LogP contribution in [-0.2, 0) is 11.2 Å². The van der Waals surface area contributed by atoms with Gasteiger partial charge in [0.15, 0.2) is 11.0 Å². The van der Waals surface area contributed by atoms with Crippen molar-refractivity contribution in [3.8, 4) is 0 Å². The second-order valence-corrected chi connectivity index (χ2v) is 7.21. The van der Waals surface area contributed by atoms with Gasteiger partial charge in [0.05, 0.1) is 12.0 Å². The number of benzene rings is 1. The molecule has 1 fully saturated rings. The van der Waals surface area contributed by atoms with Gasteiger partial charge < -0.3 is 10.2 Å². The Kier molecular flexibility index (Phi) is 6.09. The van der Waals surface area contributed by atoms with E-state index in [0.717, 1.165) is 37.2 Å². The average Bonchev–Trinajstić information content (AvgIpc) is 2.68. The fourth-order valence-electron chi connectivity index (χ4n) is 3.33. The molecular weight excluding hydrogens is 348 g/mol. The SMILES string of the molecule is CCc1ccc([C@H](C)NC(=O)[C@@H]2CCCN(c3ccc(Cl)nn3)C2)cc1. The first kappa shape index (κ1) is 18.6. The average molecular weight is 373 g/mol. The summed E-state index contributed by atoms with van der Waals surface area (Å²) >= 11 is 5.81. The van der Waals surface area contributed by atoms with Crippen LogP contribution >= 0.6 is 11.6 Å². The molecule has 1 aromatic carbocycles. The summed E-state index contributed by atoms with van der Waals surface area (Å²) in [4.78, 5) is 14.8. The zero-order valence-corrected chi connectivity index (χ0v) is 16.0. The summed E-state index contributed by atoms with van der Waals surface area (Å²) < 4.78 is 0. The lowest BCUT2D eigenvalue weighted by atomic mass is 9.96. The fourth-order valence-corrected chi connectivity index (χ4v) is 3.43. The molecule has 0 saturated carbocycles. The van der Waals surface area contributed by atoms with E-state index in [1.807, 2.05) is 13.0 Å². The number of carbonyl (C=O) groups excluding carboxylic acids is 1. The van der Waals surface area contributed by atoms with Crippen molar-refractivity contribution in [2.45, 2.75) is 39.2 Å². The summed E-state index contributed by atoms with van der Waals surface area (Å²) in [6.07, 6.45) is 2.87. The Hall–Kier alpha value is -2.14. The standard InChI is InChI=1S/C20H25ClN4O/c1-3-15-6-8-16(9-7-15)14(2)22-20(26)17-5-4-12-25(13-17)19-11-10-18(21)23-24-19/h6-11,14,17H,3-5,12-13H2,1-2H3,(H,22,26)/t14-,17+/m0/s1. The van der Waals surface area contributed by atoms with E-state index in [0.29, 0.717) is 11.7 Å². The van der Waals surface area contributed by atoms with Crippen molar-refractivity contribution >= 4 is 23.3 Å². The Labute approximate surface area is 159 Å². The number of aryl methyl sites for hydroxylation is 1. The highest BCUT2D eigenvalue weighted by molar-refractivity contribution is 6.29. The third-order valence-electron chi connectivity index (χ3n) is 4.98. The van der Waals surface area contributed by atoms with Crippen molar-refractivity contribution in [1.82, 2.24) is 15.5 Å². The lowest BCUT2D eigenvalue weighted by Crippen LogP contribution is -2.44.